The summed E-state index contributed by atoms with van der Waals surface area (Å²) >= 11 is 0. The summed E-state index contributed by atoms with van der Waals surface area (Å²) in [6, 6.07) is 5.66. The first-order chi connectivity index (χ1) is 18.7. The van der Waals surface area contributed by atoms with Crippen molar-refractivity contribution in [1.82, 2.24) is 14.2 Å². The zero-order valence-corrected chi connectivity index (χ0v) is 23.6. The molecule has 1 aromatic rings. The highest BCUT2D eigenvalue weighted by molar-refractivity contribution is 7.89. The lowest BCUT2D eigenvalue weighted by Crippen LogP contribution is -2.50. The highest BCUT2D eigenvalue weighted by atomic mass is 32.2. The van der Waals surface area contributed by atoms with Gasteiger partial charge in [-0.15, -0.1) is 5.01 Å². The maximum atomic E-state index is 13.5. The number of piperidine rings is 3. The molecule has 4 fully saturated rings. The first-order valence-corrected chi connectivity index (χ1v) is 15.6. The Bertz CT molecular complexity index is 1180. The van der Waals surface area contributed by atoms with E-state index in [1.807, 2.05) is 16.8 Å². The number of carbonyl (C=O) groups excluding carboxylic acids is 2. The number of carbonyl (C=O) groups is 2. The van der Waals surface area contributed by atoms with Gasteiger partial charge in [0.05, 0.1) is 23.5 Å². The Hall–Kier alpha value is -2.73. The molecule has 0 aliphatic carbocycles. The molecule has 4 atom stereocenters. The van der Waals surface area contributed by atoms with Crippen molar-refractivity contribution in [3.8, 4) is 0 Å². The topological polar surface area (TPSA) is 119 Å². The molecule has 4 heterocycles. The van der Waals surface area contributed by atoms with E-state index in [9.17, 15) is 22.9 Å². The average molecular weight is 563 g/mol. The summed E-state index contributed by atoms with van der Waals surface area (Å²) in [5.74, 6) is 0.563. The second-order valence-electron chi connectivity index (χ2n) is 11.4. The molecule has 11 nitrogen and oxygen atoms in total. The van der Waals surface area contributed by atoms with E-state index in [2.05, 4.69) is 10.1 Å². The molecule has 0 radical (unpaired) electrons. The van der Waals surface area contributed by atoms with Crippen LogP contribution in [0.25, 0.3) is 0 Å². The van der Waals surface area contributed by atoms with Crippen LogP contribution in [0.1, 0.15) is 51.9 Å². The lowest BCUT2D eigenvalue weighted by atomic mass is 9.74. The third kappa shape index (κ3) is 5.50. The van der Waals surface area contributed by atoms with Crippen LogP contribution in [0.4, 0.5) is 10.5 Å². The van der Waals surface area contributed by atoms with Gasteiger partial charge >= 0.3 is 6.09 Å². The maximum absolute atomic E-state index is 13.5. The van der Waals surface area contributed by atoms with Crippen LogP contribution in [0.5, 0.6) is 0 Å². The fourth-order valence-corrected chi connectivity index (χ4v) is 8.49. The van der Waals surface area contributed by atoms with Crippen LogP contribution in [-0.2, 0) is 19.6 Å². The van der Waals surface area contributed by atoms with Crippen molar-refractivity contribution >= 4 is 27.7 Å². The number of hydrazine groups is 1. The Balaban J connectivity index is 1.20. The number of nitrogens with one attached hydrogen (secondary N) is 1. The van der Waals surface area contributed by atoms with Crippen LogP contribution in [-0.4, -0.2) is 91.4 Å². The zero-order chi connectivity index (χ0) is 27.7. The second kappa shape index (κ2) is 11.4. The predicted octanol–water partition coefficient (Wildman–Crippen LogP) is 3.07. The standard InChI is InChI=1S/C27H39N5O6S/c1-19-25(26(33)29-13-4-3-5-14-29)24-18-21(12-17-31(24)32(19)35)20-10-15-30(16-11-20)39(36,37)23-8-6-22(7-9-23)28-27(34)38-2/h6-9,19-21,24-25H,3-5,10-18H2,1-2H3/p+1. The minimum absolute atomic E-state index is 0.0791. The number of methoxy groups -OCH3 is 1. The van der Waals surface area contributed by atoms with Crippen LogP contribution < -0.4 is 5.32 Å². The molecule has 0 spiro atoms. The van der Waals surface area contributed by atoms with E-state index in [4.69, 9.17) is 0 Å². The van der Waals surface area contributed by atoms with Crippen LogP contribution >= 0.6 is 0 Å². The number of anilines is 1. The van der Waals surface area contributed by atoms with Gasteiger partial charge in [-0.3, -0.25) is 10.1 Å². The monoisotopic (exact) mass is 562 g/mol. The summed E-state index contributed by atoms with van der Waals surface area (Å²) in [6.07, 6.45) is 5.82. The minimum atomic E-state index is -3.65. The lowest BCUT2D eigenvalue weighted by molar-refractivity contribution is -0.716. The summed E-state index contributed by atoms with van der Waals surface area (Å²) in [6.45, 7) is 5.00. The zero-order valence-electron chi connectivity index (χ0n) is 22.8. The highest BCUT2D eigenvalue weighted by Crippen LogP contribution is 2.42. The number of amides is 2. The minimum Gasteiger partial charge on any atom is -0.453 e. The lowest BCUT2D eigenvalue weighted by Gasteiger charge is -2.40. The fraction of sp³-hybridized carbons (Fsp3) is 0.704. The van der Waals surface area contributed by atoms with E-state index in [-0.39, 0.29) is 28.8 Å². The van der Waals surface area contributed by atoms with Crippen LogP contribution in [0.15, 0.2) is 29.2 Å². The molecule has 4 aliphatic rings. The summed E-state index contributed by atoms with van der Waals surface area (Å²) in [4.78, 5) is 41.1. The Morgan fingerprint density at radius 2 is 1.59 bits per heavy atom. The number of rotatable bonds is 5. The van der Waals surface area contributed by atoms with Crippen LogP contribution in [0.3, 0.4) is 0 Å². The number of ether oxygens (including phenoxy) is 1. The van der Waals surface area contributed by atoms with Gasteiger partial charge in [0.25, 0.3) is 0 Å². The van der Waals surface area contributed by atoms with E-state index in [1.165, 1.54) is 19.2 Å². The van der Waals surface area contributed by atoms with Crippen molar-refractivity contribution in [3.05, 3.63) is 29.2 Å². The molecular formula is C27H40N5O6S+. The van der Waals surface area contributed by atoms with E-state index < -0.39 is 16.1 Å². The molecule has 4 saturated heterocycles. The first-order valence-electron chi connectivity index (χ1n) is 14.2. The van der Waals surface area contributed by atoms with E-state index in [0.29, 0.717) is 37.2 Å². The van der Waals surface area contributed by atoms with Crippen molar-refractivity contribution < 1.29 is 27.6 Å². The summed E-state index contributed by atoms with van der Waals surface area (Å²) in [5, 5.41) is 4.40. The molecule has 39 heavy (non-hydrogen) atoms. The third-order valence-corrected chi connectivity index (χ3v) is 11.1. The van der Waals surface area contributed by atoms with Gasteiger partial charge in [0, 0.05) is 38.8 Å². The quantitative estimate of drug-likeness (QED) is 0.548. The Morgan fingerprint density at radius 1 is 0.949 bits per heavy atom. The molecule has 1 aromatic carbocycles. The summed E-state index contributed by atoms with van der Waals surface area (Å²) in [5.41, 5.74) is 0.459. The molecule has 4 unspecified atom stereocenters. The highest BCUT2D eigenvalue weighted by Gasteiger charge is 2.59. The average Bonchev–Trinajstić information content (AvgIpc) is 3.22. The first kappa shape index (κ1) is 27.8. The molecule has 0 saturated carbocycles. The van der Waals surface area contributed by atoms with Gasteiger partial charge in [0.1, 0.15) is 16.8 Å². The molecule has 0 bridgehead atoms. The van der Waals surface area contributed by atoms with Gasteiger partial charge < -0.3 is 9.64 Å². The third-order valence-electron chi connectivity index (χ3n) is 9.23. The molecule has 2 amide bonds. The van der Waals surface area contributed by atoms with Crippen molar-refractivity contribution in [1.29, 1.82) is 0 Å². The van der Waals surface area contributed by atoms with Gasteiger partial charge in [-0.2, -0.15) is 4.31 Å². The van der Waals surface area contributed by atoms with Crippen molar-refractivity contribution in [2.24, 2.45) is 17.8 Å². The second-order valence-corrected chi connectivity index (χ2v) is 13.3. The molecule has 0 aromatic heterocycles. The van der Waals surface area contributed by atoms with Gasteiger partial charge in [0.2, 0.25) is 22.0 Å². The molecule has 4 aliphatic heterocycles. The van der Waals surface area contributed by atoms with E-state index in [0.717, 1.165) is 62.9 Å². The molecule has 1 N–H and O–H groups in total. The normalized spacial score (nSPS) is 28.7. The van der Waals surface area contributed by atoms with Gasteiger partial charge in [0.15, 0.2) is 0 Å². The number of nitrogens with zero attached hydrogens (tertiary/aromatic N) is 4. The smallest absolute Gasteiger partial charge is 0.411 e. The SMILES string of the molecule is COC(=O)Nc1ccc(S(=O)(=O)N2CCC(C3CCN4C(C3)C(C(=O)N3CCCCC3)C(C)[N+]4=O)CC2)cc1. The molecule has 214 valence electrons. The number of fused-ring (bicyclic) bond motifs is 1. The van der Waals surface area contributed by atoms with E-state index in [1.54, 1.807) is 16.4 Å². The Labute approximate surface area is 230 Å². The number of benzene rings is 1. The number of hydrogen-bond donors (Lipinski definition) is 1. The van der Waals surface area contributed by atoms with Crippen molar-refractivity contribution in [3.63, 3.8) is 0 Å². The summed E-state index contributed by atoms with van der Waals surface area (Å²) in [7, 11) is -2.38. The molecule has 12 heteroatoms. The largest absolute Gasteiger partial charge is 0.453 e. The van der Waals surface area contributed by atoms with E-state index >= 15 is 0 Å². The van der Waals surface area contributed by atoms with Gasteiger partial charge in [-0.25, -0.2) is 13.2 Å². The van der Waals surface area contributed by atoms with Gasteiger partial charge in [-0.1, -0.05) is 0 Å². The number of hydrogen-bond acceptors (Lipinski definition) is 6. The van der Waals surface area contributed by atoms with Gasteiger partial charge in [-0.05, 0) is 81.0 Å². The number of sulfonamides is 1. The predicted molar refractivity (Wildman–Crippen MR) is 144 cm³/mol. The van der Waals surface area contributed by atoms with Crippen LogP contribution in [0.2, 0.25) is 0 Å². The van der Waals surface area contributed by atoms with Crippen molar-refractivity contribution in [2.45, 2.75) is 68.8 Å². The molecular weight excluding hydrogens is 522 g/mol. The maximum Gasteiger partial charge on any atom is 0.411 e. The number of likely N-dealkylation sites (tertiary alicyclic amines) is 1. The Kier molecular flexibility index (Phi) is 8.14. The van der Waals surface area contributed by atoms with Crippen molar-refractivity contribution in [2.75, 3.05) is 45.2 Å². The van der Waals surface area contributed by atoms with Crippen LogP contribution in [0, 0.1) is 22.7 Å². The molecule has 5 rings (SSSR count). The Morgan fingerprint density at radius 3 is 2.23 bits per heavy atom. The summed E-state index contributed by atoms with van der Waals surface area (Å²) < 4.78 is 32.7. The number of nitroso groups, excluding NO2 is 1. The fourth-order valence-electron chi connectivity index (χ4n) is 7.02.